The second-order valence-corrected chi connectivity index (χ2v) is 8.80. The molecule has 3 rings (SSSR count). The molecule has 8 nitrogen and oxygen atoms in total. The second-order valence-electron chi connectivity index (χ2n) is 6.66. The summed E-state index contributed by atoms with van der Waals surface area (Å²) in [5.74, 6) is -0.820. The van der Waals surface area contributed by atoms with Crippen molar-refractivity contribution in [2.75, 3.05) is 19.7 Å². The zero-order valence-corrected chi connectivity index (χ0v) is 16.2. The minimum absolute atomic E-state index is 0.0119. The first-order chi connectivity index (χ1) is 12.8. The van der Waals surface area contributed by atoms with Crippen molar-refractivity contribution in [3.63, 3.8) is 0 Å². The second kappa shape index (κ2) is 8.55. The fourth-order valence-electron chi connectivity index (χ4n) is 2.71. The van der Waals surface area contributed by atoms with Gasteiger partial charge in [0.15, 0.2) is 0 Å². The monoisotopic (exact) mass is 415 g/mol. The summed E-state index contributed by atoms with van der Waals surface area (Å²) in [5.41, 5.74) is 0.108. The number of carbonyl (C=O) groups is 2. The third kappa shape index (κ3) is 5.65. The van der Waals surface area contributed by atoms with E-state index in [1.165, 1.54) is 18.2 Å². The van der Waals surface area contributed by atoms with Gasteiger partial charge in [0.05, 0.1) is 17.7 Å². The summed E-state index contributed by atoms with van der Waals surface area (Å²) in [6.07, 6.45) is 3.45. The van der Waals surface area contributed by atoms with Crippen molar-refractivity contribution in [2.45, 2.75) is 42.7 Å². The number of sulfonamides is 1. The lowest BCUT2D eigenvalue weighted by Gasteiger charge is -2.13. The van der Waals surface area contributed by atoms with E-state index < -0.39 is 15.9 Å². The molecule has 2 aliphatic rings. The number of amides is 2. The van der Waals surface area contributed by atoms with Gasteiger partial charge >= 0.3 is 0 Å². The van der Waals surface area contributed by atoms with E-state index in [2.05, 4.69) is 15.4 Å². The van der Waals surface area contributed by atoms with Crippen molar-refractivity contribution in [3.05, 3.63) is 28.8 Å². The van der Waals surface area contributed by atoms with Crippen LogP contribution in [0.1, 0.15) is 36.0 Å². The van der Waals surface area contributed by atoms with Crippen LogP contribution in [0.3, 0.4) is 0 Å². The summed E-state index contributed by atoms with van der Waals surface area (Å²) in [6.45, 7) is 0.602. The van der Waals surface area contributed by atoms with Gasteiger partial charge in [0.25, 0.3) is 5.91 Å². The van der Waals surface area contributed by atoms with Crippen LogP contribution in [-0.2, 0) is 19.6 Å². The van der Waals surface area contributed by atoms with E-state index in [0.29, 0.717) is 6.61 Å². The number of nitrogens with one attached hydrogen (secondary N) is 3. The van der Waals surface area contributed by atoms with Gasteiger partial charge in [0.2, 0.25) is 15.9 Å². The van der Waals surface area contributed by atoms with Gasteiger partial charge in [-0.1, -0.05) is 11.6 Å². The van der Waals surface area contributed by atoms with E-state index in [-0.39, 0.29) is 46.6 Å². The van der Waals surface area contributed by atoms with Gasteiger partial charge in [-0.05, 0) is 43.9 Å². The minimum Gasteiger partial charge on any atom is -0.377 e. The maximum absolute atomic E-state index is 12.5. The molecule has 1 saturated heterocycles. The topological polar surface area (TPSA) is 114 Å². The number of ether oxygens (including phenoxy) is 1. The van der Waals surface area contributed by atoms with Gasteiger partial charge in [-0.3, -0.25) is 9.59 Å². The van der Waals surface area contributed by atoms with E-state index >= 15 is 0 Å². The van der Waals surface area contributed by atoms with Gasteiger partial charge in [-0.15, -0.1) is 0 Å². The van der Waals surface area contributed by atoms with Crippen LogP contribution in [0.5, 0.6) is 0 Å². The molecular weight excluding hydrogens is 394 g/mol. The van der Waals surface area contributed by atoms with Gasteiger partial charge in [0, 0.05) is 24.8 Å². The fourth-order valence-corrected chi connectivity index (χ4v) is 4.30. The van der Waals surface area contributed by atoms with E-state index in [4.69, 9.17) is 16.3 Å². The zero-order valence-electron chi connectivity index (χ0n) is 14.7. The molecule has 1 saturated carbocycles. The molecule has 0 bridgehead atoms. The molecule has 3 N–H and O–H groups in total. The summed E-state index contributed by atoms with van der Waals surface area (Å²) in [7, 11) is -3.89. The number of rotatable bonds is 8. The summed E-state index contributed by atoms with van der Waals surface area (Å²) in [6, 6.07) is 4.17. The molecule has 27 heavy (non-hydrogen) atoms. The smallest absolute Gasteiger partial charge is 0.251 e. The highest BCUT2D eigenvalue weighted by Gasteiger charge is 2.25. The van der Waals surface area contributed by atoms with E-state index in [0.717, 1.165) is 25.7 Å². The van der Waals surface area contributed by atoms with Crippen molar-refractivity contribution >= 4 is 33.4 Å². The van der Waals surface area contributed by atoms with Crippen LogP contribution in [0.2, 0.25) is 5.02 Å². The summed E-state index contributed by atoms with van der Waals surface area (Å²) in [5, 5.41) is 5.25. The molecule has 1 aromatic carbocycles. The predicted molar refractivity (Wildman–Crippen MR) is 99.1 cm³/mol. The Morgan fingerprint density at radius 3 is 2.67 bits per heavy atom. The standard InChI is InChI=1S/C17H22ClN3O5S/c18-14-6-3-11(17(23)19-10-16(22)21-12-4-5-12)8-15(14)27(24,25)20-9-13-2-1-7-26-13/h3,6,8,12-13,20H,1-2,4-5,7,9-10H2,(H,19,23)(H,21,22)/t13-/m1/s1. The highest BCUT2D eigenvalue weighted by molar-refractivity contribution is 7.89. The number of hydrogen-bond donors (Lipinski definition) is 3. The quantitative estimate of drug-likeness (QED) is 0.581. The number of hydrogen-bond acceptors (Lipinski definition) is 5. The van der Waals surface area contributed by atoms with Gasteiger partial charge in [-0.2, -0.15) is 0 Å². The molecule has 2 amide bonds. The molecule has 0 aromatic heterocycles. The largest absolute Gasteiger partial charge is 0.377 e. The Labute approximate surface area is 163 Å². The lowest BCUT2D eigenvalue weighted by molar-refractivity contribution is -0.120. The molecule has 1 heterocycles. The Bertz CT molecular complexity index is 820. The fraction of sp³-hybridized carbons (Fsp3) is 0.529. The lowest BCUT2D eigenvalue weighted by Crippen LogP contribution is -2.38. The van der Waals surface area contributed by atoms with E-state index in [9.17, 15) is 18.0 Å². The van der Waals surface area contributed by atoms with Crippen molar-refractivity contribution in [2.24, 2.45) is 0 Å². The number of benzene rings is 1. The molecule has 1 aliphatic carbocycles. The van der Waals surface area contributed by atoms with Gasteiger partial charge < -0.3 is 15.4 Å². The first-order valence-electron chi connectivity index (χ1n) is 8.83. The summed E-state index contributed by atoms with van der Waals surface area (Å²) in [4.78, 5) is 23.7. The van der Waals surface area contributed by atoms with Crippen LogP contribution in [-0.4, -0.2) is 52.1 Å². The Kier molecular flexibility index (Phi) is 6.36. The molecule has 0 unspecified atom stereocenters. The highest BCUT2D eigenvalue weighted by Crippen LogP contribution is 2.23. The first-order valence-corrected chi connectivity index (χ1v) is 10.7. The molecule has 2 fully saturated rings. The summed E-state index contributed by atoms with van der Waals surface area (Å²) < 4.78 is 32.9. The molecule has 1 aromatic rings. The normalized spacial score (nSPS) is 19.7. The average Bonchev–Trinajstić information content (AvgIpc) is 3.28. The van der Waals surface area contributed by atoms with Crippen LogP contribution < -0.4 is 15.4 Å². The number of halogens is 1. The maximum atomic E-state index is 12.5. The Hall–Kier alpha value is -1.68. The zero-order chi connectivity index (χ0) is 19.4. The third-order valence-corrected chi connectivity index (χ3v) is 6.27. The SMILES string of the molecule is O=C(CNC(=O)c1ccc(Cl)c(S(=O)(=O)NC[C@H]2CCCO2)c1)NC1CC1. The molecule has 1 aliphatic heterocycles. The molecular formula is C17H22ClN3O5S. The highest BCUT2D eigenvalue weighted by atomic mass is 35.5. The van der Waals surface area contributed by atoms with E-state index in [1.807, 2.05) is 0 Å². The molecule has 0 radical (unpaired) electrons. The average molecular weight is 416 g/mol. The molecule has 10 heteroatoms. The number of carbonyl (C=O) groups excluding carboxylic acids is 2. The Balaban J connectivity index is 1.63. The lowest BCUT2D eigenvalue weighted by atomic mass is 10.2. The maximum Gasteiger partial charge on any atom is 0.251 e. The minimum atomic E-state index is -3.89. The van der Waals surface area contributed by atoms with Crippen LogP contribution in [0.25, 0.3) is 0 Å². The molecule has 1 atom stereocenters. The van der Waals surface area contributed by atoms with Crippen LogP contribution in [0.15, 0.2) is 23.1 Å². The molecule has 0 spiro atoms. The van der Waals surface area contributed by atoms with Crippen LogP contribution in [0, 0.1) is 0 Å². The van der Waals surface area contributed by atoms with Crippen molar-refractivity contribution in [1.82, 2.24) is 15.4 Å². The first kappa shape index (κ1) is 20.1. The van der Waals surface area contributed by atoms with Crippen molar-refractivity contribution in [3.8, 4) is 0 Å². The van der Waals surface area contributed by atoms with Crippen LogP contribution >= 0.6 is 11.6 Å². The molecule has 148 valence electrons. The Morgan fingerprint density at radius 2 is 2.00 bits per heavy atom. The van der Waals surface area contributed by atoms with Gasteiger partial charge in [0.1, 0.15) is 4.90 Å². The van der Waals surface area contributed by atoms with Crippen molar-refractivity contribution in [1.29, 1.82) is 0 Å². The summed E-state index contributed by atoms with van der Waals surface area (Å²) >= 11 is 6.03. The van der Waals surface area contributed by atoms with Gasteiger partial charge in [-0.25, -0.2) is 13.1 Å². The third-order valence-electron chi connectivity index (χ3n) is 4.36. The Morgan fingerprint density at radius 1 is 1.22 bits per heavy atom. The van der Waals surface area contributed by atoms with Crippen LogP contribution in [0.4, 0.5) is 0 Å². The predicted octanol–water partition coefficient (Wildman–Crippen LogP) is 0.806. The van der Waals surface area contributed by atoms with Crippen molar-refractivity contribution < 1.29 is 22.7 Å². The van der Waals surface area contributed by atoms with E-state index in [1.54, 1.807) is 0 Å².